The number of hydrogen-bond donors (Lipinski definition) is 2. The van der Waals surface area contributed by atoms with Crippen molar-refractivity contribution in [3.05, 3.63) is 81.0 Å². The molecule has 0 bridgehead atoms. The van der Waals surface area contributed by atoms with E-state index in [1.165, 1.54) is 18.2 Å². The van der Waals surface area contributed by atoms with Crippen LogP contribution in [-0.4, -0.2) is 24.4 Å². The van der Waals surface area contributed by atoms with Gasteiger partial charge in [0.1, 0.15) is 10.8 Å². The van der Waals surface area contributed by atoms with E-state index in [0.29, 0.717) is 11.3 Å². The molecule has 32 heavy (non-hydrogen) atoms. The Hall–Kier alpha value is -3.52. The number of carbonyl (C=O) groups excluding carboxylic acids is 3. The third kappa shape index (κ3) is 5.03. The number of carbonyl (C=O) groups is 3. The van der Waals surface area contributed by atoms with Gasteiger partial charge in [-0.2, -0.15) is 0 Å². The average Bonchev–Trinajstić information content (AvgIpc) is 3.06. The van der Waals surface area contributed by atoms with E-state index in [2.05, 4.69) is 10.6 Å². The normalized spacial score (nSPS) is 10.5. The summed E-state index contributed by atoms with van der Waals surface area (Å²) < 4.78 is 18.6. The van der Waals surface area contributed by atoms with Crippen molar-refractivity contribution in [1.82, 2.24) is 0 Å². The van der Waals surface area contributed by atoms with Crippen LogP contribution in [0.3, 0.4) is 0 Å². The van der Waals surface area contributed by atoms with Crippen molar-refractivity contribution in [2.24, 2.45) is 0 Å². The molecule has 2 aromatic carbocycles. The fraction of sp³-hybridized carbons (Fsp3) is 0.208. The summed E-state index contributed by atoms with van der Waals surface area (Å²) in [7, 11) is 0. The van der Waals surface area contributed by atoms with Crippen molar-refractivity contribution in [2.75, 3.05) is 17.2 Å². The van der Waals surface area contributed by atoms with E-state index in [1.54, 1.807) is 13.8 Å². The van der Waals surface area contributed by atoms with Crippen molar-refractivity contribution in [2.45, 2.75) is 27.7 Å². The summed E-state index contributed by atoms with van der Waals surface area (Å²) >= 11 is 0.966. The largest absolute Gasteiger partial charge is 0.462 e. The molecule has 0 aliphatic carbocycles. The number of aryl methyl sites for hydroxylation is 2. The summed E-state index contributed by atoms with van der Waals surface area (Å²) in [5.74, 6) is -2.21. The fourth-order valence-corrected chi connectivity index (χ4v) is 4.21. The Bertz CT molecular complexity index is 1200. The van der Waals surface area contributed by atoms with Crippen LogP contribution in [0.4, 0.5) is 15.1 Å². The molecule has 166 valence electrons. The van der Waals surface area contributed by atoms with Gasteiger partial charge in [-0.15, -0.1) is 11.3 Å². The maximum Gasteiger partial charge on any atom is 0.341 e. The number of halogens is 1. The van der Waals surface area contributed by atoms with Crippen LogP contribution in [0.25, 0.3) is 0 Å². The van der Waals surface area contributed by atoms with Gasteiger partial charge in [-0.3, -0.25) is 9.59 Å². The second-order valence-corrected chi connectivity index (χ2v) is 8.24. The quantitative estimate of drug-likeness (QED) is 0.482. The highest BCUT2D eigenvalue weighted by molar-refractivity contribution is 7.19. The summed E-state index contributed by atoms with van der Waals surface area (Å²) in [4.78, 5) is 38.5. The molecule has 3 rings (SSSR count). The molecule has 0 radical (unpaired) electrons. The smallest absolute Gasteiger partial charge is 0.341 e. The topological polar surface area (TPSA) is 84.5 Å². The van der Waals surface area contributed by atoms with Gasteiger partial charge >= 0.3 is 5.97 Å². The standard InChI is InChI=1S/C24H23FN2O4S/c1-5-31-24(30)19-15(4)20(22(29)26-18-11-13(2)9-10-14(18)3)32-23(19)27-21(28)16-7-6-8-17(25)12-16/h6-12H,5H2,1-4H3,(H,26,29)(H,27,28). The predicted octanol–water partition coefficient (Wildman–Crippen LogP) is 5.49. The monoisotopic (exact) mass is 454 g/mol. The van der Waals surface area contributed by atoms with Crippen LogP contribution in [0.15, 0.2) is 42.5 Å². The average molecular weight is 455 g/mol. The number of ether oxygens (including phenoxy) is 1. The van der Waals surface area contributed by atoms with Crippen molar-refractivity contribution < 1.29 is 23.5 Å². The lowest BCUT2D eigenvalue weighted by molar-refractivity contribution is 0.0527. The molecule has 1 aromatic heterocycles. The Kier molecular flexibility index (Phi) is 7.05. The summed E-state index contributed by atoms with van der Waals surface area (Å²) in [6.07, 6.45) is 0. The first-order valence-corrected chi connectivity index (χ1v) is 10.8. The molecule has 0 spiro atoms. The van der Waals surface area contributed by atoms with E-state index in [9.17, 15) is 18.8 Å². The zero-order chi connectivity index (χ0) is 23.4. The van der Waals surface area contributed by atoms with Crippen molar-refractivity contribution in [3.63, 3.8) is 0 Å². The highest BCUT2D eigenvalue weighted by atomic mass is 32.1. The van der Waals surface area contributed by atoms with Crippen LogP contribution in [0, 0.1) is 26.6 Å². The molecule has 2 amide bonds. The number of thiophene rings is 1. The third-order valence-electron chi connectivity index (χ3n) is 4.79. The molecule has 0 saturated carbocycles. The van der Waals surface area contributed by atoms with E-state index in [4.69, 9.17) is 4.74 Å². The van der Waals surface area contributed by atoms with Crippen LogP contribution in [-0.2, 0) is 4.74 Å². The minimum atomic E-state index is -0.651. The van der Waals surface area contributed by atoms with E-state index in [0.717, 1.165) is 28.5 Å². The molecule has 0 aliphatic heterocycles. The Morgan fingerprint density at radius 2 is 1.75 bits per heavy atom. The van der Waals surface area contributed by atoms with Crippen LogP contribution in [0.2, 0.25) is 0 Å². The van der Waals surface area contributed by atoms with Crippen LogP contribution in [0.5, 0.6) is 0 Å². The van der Waals surface area contributed by atoms with Gasteiger partial charge in [0.05, 0.1) is 17.0 Å². The molecule has 0 saturated heterocycles. The molecule has 0 aliphatic rings. The molecular weight excluding hydrogens is 431 g/mol. The fourth-order valence-electron chi connectivity index (χ4n) is 3.12. The minimum absolute atomic E-state index is 0.0900. The maximum atomic E-state index is 13.5. The Labute approximate surface area is 189 Å². The van der Waals surface area contributed by atoms with E-state index >= 15 is 0 Å². The molecule has 8 heteroatoms. The minimum Gasteiger partial charge on any atom is -0.462 e. The van der Waals surface area contributed by atoms with Crippen LogP contribution in [0.1, 0.15) is 54.0 Å². The Balaban J connectivity index is 1.97. The van der Waals surface area contributed by atoms with Crippen molar-refractivity contribution >= 4 is 39.8 Å². The molecule has 0 unspecified atom stereocenters. The lowest BCUT2D eigenvalue weighted by Gasteiger charge is -2.09. The zero-order valence-electron chi connectivity index (χ0n) is 18.2. The Morgan fingerprint density at radius 1 is 1.00 bits per heavy atom. The van der Waals surface area contributed by atoms with Crippen molar-refractivity contribution in [1.29, 1.82) is 0 Å². The number of benzene rings is 2. The SMILES string of the molecule is CCOC(=O)c1c(NC(=O)c2cccc(F)c2)sc(C(=O)Nc2cc(C)ccc2C)c1C. The van der Waals surface area contributed by atoms with Gasteiger partial charge in [0.15, 0.2) is 0 Å². The van der Waals surface area contributed by atoms with Crippen molar-refractivity contribution in [3.8, 4) is 0 Å². The Morgan fingerprint density at radius 3 is 2.44 bits per heavy atom. The number of anilines is 2. The maximum absolute atomic E-state index is 13.5. The molecule has 3 aromatic rings. The number of rotatable bonds is 6. The van der Waals surface area contributed by atoms with Crippen LogP contribution < -0.4 is 10.6 Å². The first-order valence-electron chi connectivity index (χ1n) is 9.97. The number of nitrogens with one attached hydrogen (secondary N) is 2. The van der Waals surface area contributed by atoms with Gasteiger partial charge in [-0.25, -0.2) is 9.18 Å². The van der Waals surface area contributed by atoms with Gasteiger partial charge in [-0.05, 0) is 68.7 Å². The molecule has 0 fully saturated rings. The zero-order valence-corrected chi connectivity index (χ0v) is 19.0. The first kappa shape index (κ1) is 23.1. The lowest BCUT2D eigenvalue weighted by atomic mass is 10.1. The van der Waals surface area contributed by atoms with Gasteiger partial charge in [0, 0.05) is 11.3 Å². The number of amides is 2. The molecule has 6 nitrogen and oxygen atoms in total. The van der Waals surface area contributed by atoms with E-state index in [-0.39, 0.29) is 27.6 Å². The van der Waals surface area contributed by atoms with Gasteiger partial charge in [0.2, 0.25) is 0 Å². The predicted molar refractivity (Wildman–Crippen MR) is 123 cm³/mol. The van der Waals surface area contributed by atoms with Gasteiger partial charge in [-0.1, -0.05) is 18.2 Å². The number of esters is 1. The molecule has 1 heterocycles. The first-order chi connectivity index (χ1) is 15.2. The highest BCUT2D eigenvalue weighted by Crippen LogP contribution is 2.35. The molecular formula is C24H23FN2O4S. The summed E-state index contributed by atoms with van der Waals surface area (Å²) in [5.41, 5.74) is 3.13. The van der Waals surface area contributed by atoms with E-state index < -0.39 is 23.6 Å². The third-order valence-corrected chi connectivity index (χ3v) is 5.99. The highest BCUT2D eigenvalue weighted by Gasteiger charge is 2.27. The second-order valence-electron chi connectivity index (χ2n) is 7.22. The molecule has 2 N–H and O–H groups in total. The van der Waals surface area contributed by atoms with E-state index in [1.807, 2.05) is 32.0 Å². The van der Waals surface area contributed by atoms with Gasteiger partial charge < -0.3 is 15.4 Å². The van der Waals surface area contributed by atoms with Crippen LogP contribution >= 0.6 is 11.3 Å². The summed E-state index contributed by atoms with van der Waals surface area (Å²) in [6.45, 7) is 7.22. The summed E-state index contributed by atoms with van der Waals surface area (Å²) in [6, 6.07) is 10.9. The van der Waals surface area contributed by atoms with Gasteiger partial charge in [0.25, 0.3) is 11.8 Å². The lowest BCUT2D eigenvalue weighted by Crippen LogP contribution is -2.15. The number of hydrogen-bond acceptors (Lipinski definition) is 5. The molecule has 0 atom stereocenters. The second kappa shape index (κ2) is 9.74. The summed E-state index contributed by atoms with van der Waals surface area (Å²) in [5, 5.41) is 5.66.